The minimum atomic E-state index is 0.381. The van der Waals surface area contributed by atoms with Gasteiger partial charge in [0.2, 0.25) is 10.6 Å². The van der Waals surface area contributed by atoms with Crippen LogP contribution >= 0.6 is 12.2 Å². The van der Waals surface area contributed by atoms with Gasteiger partial charge in [-0.3, -0.25) is 5.10 Å². The van der Waals surface area contributed by atoms with Crippen LogP contribution < -0.4 is 4.74 Å². The number of para-hydroxylation sites is 1. The Hall–Kier alpha value is -3.52. The highest BCUT2D eigenvalue weighted by Gasteiger charge is 2.12. The molecule has 0 saturated heterocycles. The number of benzene rings is 2. The quantitative estimate of drug-likeness (QED) is 0.409. The van der Waals surface area contributed by atoms with E-state index in [1.54, 1.807) is 18.0 Å². The van der Waals surface area contributed by atoms with Crippen molar-refractivity contribution >= 4 is 18.4 Å². The van der Waals surface area contributed by atoms with Crippen LogP contribution in [-0.2, 0) is 0 Å². The minimum absolute atomic E-state index is 0.381. The van der Waals surface area contributed by atoms with Crippen molar-refractivity contribution in [1.29, 1.82) is 0 Å². The first-order valence-electron chi connectivity index (χ1n) is 8.22. The summed E-state index contributed by atoms with van der Waals surface area (Å²) in [5, 5.41) is 18.9. The Balaban J connectivity index is 1.70. The number of nitrogens with one attached hydrogen (secondary N) is 2. The van der Waals surface area contributed by atoms with Gasteiger partial charge in [-0.1, -0.05) is 42.5 Å². The summed E-state index contributed by atoms with van der Waals surface area (Å²) < 4.78 is 7.27. The monoisotopic (exact) mass is 376 g/mol. The second kappa shape index (κ2) is 7.38. The van der Waals surface area contributed by atoms with Gasteiger partial charge in [0, 0.05) is 11.1 Å². The first-order chi connectivity index (χ1) is 13.3. The van der Waals surface area contributed by atoms with Crippen molar-refractivity contribution in [3.63, 3.8) is 0 Å². The van der Waals surface area contributed by atoms with Crippen molar-refractivity contribution < 1.29 is 4.74 Å². The molecule has 4 aromatic rings. The van der Waals surface area contributed by atoms with E-state index in [4.69, 9.17) is 17.0 Å². The van der Waals surface area contributed by atoms with Crippen molar-refractivity contribution in [2.75, 3.05) is 7.11 Å². The summed E-state index contributed by atoms with van der Waals surface area (Å²) in [4.78, 5) is 0. The van der Waals surface area contributed by atoms with Crippen LogP contribution in [0.15, 0.2) is 65.8 Å². The van der Waals surface area contributed by atoms with Gasteiger partial charge < -0.3 is 4.74 Å². The van der Waals surface area contributed by atoms with Crippen LogP contribution in [0.25, 0.3) is 22.8 Å². The fourth-order valence-electron chi connectivity index (χ4n) is 2.66. The van der Waals surface area contributed by atoms with E-state index in [0.29, 0.717) is 16.3 Å². The summed E-state index contributed by atoms with van der Waals surface area (Å²) in [6.45, 7) is 0. The van der Waals surface area contributed by atoms with Gasteiger partial charge in [-0.2, -0.15) is 20.0 Å². The lowest BCUT2D eigenvalue weighted by atomic mass is 10.1. The molecule has 0 atom stereocenters. The molecule has 2 N–H and O–H groups in total. The van der Waals surface area contributed by atoms with Crippen LogP contribution in [0, 0.1) is 4.77 Å². The first kappa shape index (κ1) is 16.9. The van der Waals surface area contributed by atoms with Crippen LogP contribution in [0.3, 0.4) is 0 Å². The molecule has 27 heavy (non-hydrogen) atoms. The maximum atomic E-state index is 5.35. The number of nitrogens with zero attached hydrogens (tertiary/aromatic N) is 4. The van der Waals surface area contributed by atoms with E-state index >= 15 is 0 Å². The van der Waals surface area contributed by atoms with E-state index in [1.165, 1.54) is 0 Å². The summed E-state index contributed by atoms with van der Waals surface area (Å²) in [6, 6.07) is 19.4. The summed E-state index contributed by atoms with van der Waals surface area (Å²) in [6.07, 6.45) is 1.68. The first-order valence-corrected chi connectivity index (χ1v) is 8.63. The third kappa shape index (κ3) is 3.42. The predicted molar refractivity (Wildman–Crippen MR) is 106 cm³/mol. The van der Waals surface area contributed by atoms with Crippen LogP contribution in [-0.4, -0.2) is 38.4 Å². The smallest absolute Gasteiger partial charge is 0.216 e. The lowest BCUT2D eigenvalue weighted by Gasteiger charge is -2.03. The van der Waals surface area contributed by atoms with E-state index < -0.39 is 0 Å². The van der Waals surface area contributed by atoms with Crippen LogP contribution in [0.1, 0.15) is 5.56 Å². The molecule has 2 aromatic carbocycles. The highest BCUT2D eigenvalue weighted by Crippen LogP contribution is 2.23. The molecule has 0 aliphatic heterocycles. The van der Waals surface area contributed by atoms with E-state index in [9.17, 15) is 0 Å². The third-order valence-corrected chi connectivity index (χ3v) is 4.25. The molecule has 2 heterocycles. The Labute approximate surface area is 160 Å². The second-order valence-electron chi connectivity index (χ2n) is 5.68. The molecule has 4 rings (SSSR count). The van der Waals surface area contributed by atoms with Gasteiger partial charge in [-0.15, -0.1) is 0 Å². The van der Waals surface area contributed by atoms with Gasteiger partial charge in [0.05, 0.1) is 19.0 Å². The zero-order valence-electron chi connectivity index (χ0n) is 14.5. The number of aromatic amines is 2. The largest absolute Gasteiger partial charge is 0.496 e. The minimum Gasteiger partial charge on any atom is -0.496 e. The average Bonchev–Trinajstić information content (AvgIpc) is 3.34. The van der Waals surface area contributed by atoms with E-state index in [1.807, 2.05) is 60.7 Å². The summed E-state index contributed by atoms with van der Waals surface area (Å²) in [5.74, 6) is 1.27. The number of methoxy groups -OCH3 is 1. The van der Waals surface area contributed by atoms with E-state index in [2.05, 4.69) is 25.5 Å². The van der Waals surface area contributed by atoms with Crippen molar-refractivity contribution in [3.8, 4) is 28.5 Å². The van der Waals surface area contributed by atoms with Crippen LogP contribution in [0.5, 0.6) is 5.75 Å². The van der Waals surface area contributed by atoms with Crippen LogP contribution in [0.4, 0.5) is 0 Å². The Morgan fingerprint density at radius 1 is 1.04 bits per heavy atom. The molecule has 0 spiro atoms. The normalized spacial score (nSPS) is 11.1. The Morgan fingerprint density at radius 2 is 1.81 bits per heavy atom. The zero-order valence-corrected chi connectivity index (χ0v) is 15.3. The third-order valence-electron chi connectivity index (χ3n) is 3.99. The van der Waals surface area contributed by atoms with Crippen molar-refractivity contribution in [2.45, 2.75) is 0 Å². The maximum absolute atomic E-state index is 5.35. The number of hydrogen-bond acceptors (Lipinski definition) is 5. The van der Waals surface area contributed by atoms with Crippen molar-refractivity contribution in [2.24, 2.45) is 5.10 Å². The molecule has 0 amide bonds. The number of aromatic nitrogens is 5. The molecular weight excluding hydrogens is 360 g/mol. The maximum Gasteiger partial charge on any atom is 0.216 e. The molecule has 0 radical (unpaired) electrons. The molecule has 134 valence electrons. The van der Waals surface area contributed by atoms with E-state index in [0.717, 1.165) is 22.6 Å². The highest BCUT2D eigenvalue weighted by atomic mass is 32.1. The van der Waals surface area contributed by atoms with Crippen LogP contribution in [0.2, 0.25) is 0 Å². The number of hydrogen-bond donors (Lipinski definition) is 2. The zero-order chi connectivity index (χ0) is 18.6. The SMILES string of the molecule is COc1ccccc1C=Nn1c(-c2cc(-c3ccccc3)n[nH]2)n[nH]c1=S. The van der Waals surface area contributed by atoms with Gasteiger partial charge in [-0.25, -0.2) is 5.10 Å². The molecule has 0 bridgehead atoms. The topological polar surface area (TPSA) is 83.9 Å². The molecule has 8 heteroatoms. The lowest BCUT2D eigenvalue weighted by molar-refractivity contribution is 0.414. The molecule has 7 nitrogen and oxygen atoms in total. The molecule has 0 aliphatic rings. The number of ether oxygens (including phenoxy) is 1. The number of H-pyrrole nitrogens is 2. The molecule has 0 aliphatic carbocycles. The molecule has 0 saturated carbocycles. The summed E-state index contributed by atoms with van der Waals surface area (Å²) in [7, 11) is 1.62. The van der Waals surface area contributed by atoms with Crippen molar-refractivity contribution in [1.82, 2.24) is 25.1 Å². The highest BCUT2D eigenvalue weighted by molar-refractivity contribution is 7.71. The Morgan fingerprint density at radius 3 is 2.63 bits per heavy atom. The average molecular weight is 376 g/mol. The fraction of sp³-hybridized carbons (Fsp3) is 0.0526. The van der Waals surface area contributed by atoms with Gasteiger partial charge in [0.1, 0.15) is 11.4 Å². The molecule has 2 aromatic heterocycles. The van der Waals surface area contributed by atoms with Gasteiger partial charge in [0.15, 0.2) is 0 Å². The summed E-state index contributed by atoms with van der Waals surface area (Å²) in [5.41, 5.74) is 3.37. The summed E-state index contributed by atoms with van der Waals surface area (Å²) >= 11 is 5.32. The van der Waals surface area contributed by atoms with E-state index in [-0.39, 0.29) is 0 Å². The van der Waals surface area contributed by atoms with Gasteiger partial charge in [-0.05, 0) is 30.4 Å². The second-order valence-corrected chi connectivity index (χ2v) is 6.07. The predicted octanol–water partition coefficient (Wildman–Crippen LogP) is 3.89. The fourth-order valence-corrected chi connectivity index (χ4v) is 2.84. The van der Waals surface area contributed by atoms with Crippen molar-refractivity contribution in [3.05, 3.63) is 71.0 Å². The molecule has 0 unspecified atom stereocenters. The standard InChI is InChI=1S/C19H16N6OS/c1-26-17-10-6-5-9-14(17)12-20-25-18(23-24-19(25)27)16-11-15(21-22-16)13-7-3-2-4-8-13/h2-12H,1H3,(H,21,22)(H,24,27). The number of rotatable bonds is 5. The van der Waals surface area contributed by atoms with Gasteiger partial charge >= 0.3 is 0 Å². The molecule has 0 fully saturated rings. The Bertz CT molecular complexity index is 1140. The molecular formula is C19H16N6OS. The Kier molecular flexibility index (Phi) is 4.63. The van der Waals surface area contributed by atoms with Gasteiger partial charge in [0.25, 0.3) is 0 Å². The lowest BCUT2D eigenvalue weighted by Crippen LogP contribution is -1.96.